The monoisotopic (exact) mass is 278 g/mol. The molecule has 1 aromatic heterocycles. The summed E-state index contributed by atoms with van der Waals surface area (Å²) in [6, 6.07) is 0. The molecule has 110 valence electrons. The van der Waals surface area contributed by atoms with E-state index in [2.05, 4.69) is 22.4 Å². The molecule has 2 fully saturated rings. The highest BCUT2D eigenvalue weighted by Crippen LogP contribution is 2.42. The number of amides is 1. The molecule has 1 aliphatic heterocycles. The number of rotatable bonds is 5. The Bertz CT molecular complexity index is 495. The SMILES string of the molecule is CCC1OCCC1CNC(=O)c1n[nH]c(C2CC2)c1N. The fourth-order valence-corrected chi connectivity index (χ4v) is 2.91. The summed E-state index contributed by atoms with van der Waals surface area (Å²) < 4.78 is 5.62. The average Bonchev–Trinajstić information content (AvgIpc) is 3.06. The number of carbonyl (C=O) groups excluding carboxylic acids is 1. The first-order chi connectivity index (χ1) is 9.70. The first-order valence-corrected chi connectivity index (χ1v) is 7.44. The number of nitrogen functional groups attached to an aromatic ring is 1. The van der Waals surface area contributed by atoms with Crippen molar-refractivity contribution in [2.45, 2.75) is 44.6 Å². The van der Waals surface area contributed by atoms with Crippen molar-refractivity contribution >= 4 is 11.6 Å². The third kappa shape index (κ3) is 2.52. The molecule has 1 aromatic rings. The summed E-state index contributed by atoms with van der Waals surface area (Å²) in [5, 5.41) is 9.91. The molecule has 1 amide bonds. The Kier molecular flexibility index (Phi) is 3.65. The van der Waals surface area contributed by atoms with E-state index in [-0.39, 0.29) is 12.0 Å². The molecular weight excluding hydrogens is 256 g/mol. The van der Waals surface area contributed by atoms with Crippen LogP contribution in [0.4, 0.5) is 5.69 Å². The van der Waals surface area contributed by atoms with Crippen LogP contribution in [0.25, 0.3) is 0 Å². The molecule has 1 aliphatic carbocycles. The Balaban J connectivity index is 1.59. The summed E-state index contributed by atoms with van der Waals surface area (Å²) >= 11 is 0. The molecule has 0 spiro atoms. The van der Waals surface area contributed by atoms with Gasteiger partial charge in [0.05, 0.1) is 17.5 Å². The molecular formula is C14H22N4O2. The highest BCUT2D eigenvalue weighted by atomic mass is 16.5. The van der Waals surface area contributed by atoms with E-state index in [0.717, 1.165) is 38.0 Å². The molecule has 2 heterocycles. The Morgan fingerprint density at radius 2 is 2.30 bits per heavy atom. The summed E-state index contributed by atoms with van der Waals surface area (Å²) in [5.41, 5.74) is 7.77. The minimum Gasteiger partial charge on any atom is -0.395 e. The molecule has 6 heteroatoms. The van der Waals surface area contributed by atoms with Crippen LogP contribution in [-0.4, -0.2) is 35.4 Å². The second-order valence-electron chi connectivity index (χ2n) is 5.75. The Morgan fingerprint density at radius 1 is 1.50 bits per heavy atom. The zero-order valence-electron chi connectivity index (χ0n) is 11.8. The first kappa shape index (κ1) is 13.4. The summed E-state index contributed by atoms with van der Waals surface area (Å²) in [6.45, 7) is 3.52. The first-order valence-electron chi connectivity index (χ1n) is 7.44. The number of aromatic amines is 1. The molecule has 0 radical (unpaired) electrons. The number of nitrogens with zero attached hydrogens (tertiary/aromatic N) is 1. The van der Waals surface area contributed by atoms with Crippen molar-refractivity contribution in [2.75, 3.05) is 18.9 Å². The standard InChI is InChI=1S/C14H22N4O2/c1-2-10-9(5-6-20-10)7-16-14(19)13-11(15)12(17-18-13)8-3-4-8/h8-10H,2-7,15H2,1H3,(H,16,19)(H,17,18). The van der Waals surface area contributed by atoms with Crippen molar-refractivity contribution in [2.24, 2.45) is 5.92 Å². The van der Waals surface area contributed by atoms with Crippen molar-refractivity contribution in [1.29, 1.82) is 0 Å². The van der Waals surface area contributed by atoms with Gasteiger partial charge in [0.1, 0.15) is 0 Å². The highest BCUT2D eigenvalue weighted by molar-refractivity contribution is 5.97. The van der Waals surface area contributed by atoms with Crippen molar-refractivity contribution in [3.05, 3.63) is 11.4 Å². The molecule has 1 saturated carbocycles. The fraction of sp³-hybridized carbons (Fsp3) is 0.714. The van der Waals surface area contributed by atoms with Gasteiger partial charge in [0.25, 0.3) is 5.91 Å². The number of anilines is 1. The van der Waals surface area contributed by atoms with Gasteiger partial charge in [-0.25, -0.2) is 0 Å². The second-order valence-corrected chi connectivity index (χ2v) is 5.75. The van der Waals surface area contributed by atoms with Crippen LogP contribution in [0.1, 0.15) is 54.7 Å². The summed E-state index contributed by atoms with van der Waals surface area (Å²) in [5.74, 6) is 0.677. The molecule has 6 nitrogen and oxygen atoms in total. The number of H-pyrrole nitrogens is 1. The van der Waals surface area contributed by atoms with E-state index in [0.29, 0.717) is 29.8 Å². The van der Waals surface area contributed by atoms with Gasteiger partial charge in [-0.1, -0.05) is 6.92 Å². The average molecular weight is 278 g/mol. The minimum atomic E-state index is -0.188. The maximum absolute atomic E-state index is 12.2. The zero-order valence-corrected chi connectivity index (χ0v) is 11.8. The number of hydrogen-bond donors (Lipinski definition) is 3. The summed E-state index contributed by atoms with van der Waals surface area (Å²) in [6.07, 6.45) is 4.50. The third-order valence-electron chi connectivity index (χ3n) is 4.31. The topological polar surface area (TPSA) is 93.0 Å². The van der Waals surface area contributed by atoms with Crippen LogP contribution < -0.4 is 11.1 Å². The maximum atomic E-state index is 12.2. The smallest absolute Gasteiger partial charge is 0.273 e. The fourth-order valence-electron chi connectivity index (χ4n) is 2.91. The largest absolute Gasteiger partial charge is 0.395 e. The predicted molar refractivity (Wildman–Crippen MR) is 75.4 cm³/mol. The highest BCUT2D eigenvalue weighted by Gasteiger charge is 2.31. The van der Waals surface area contributed by atoms with E-state index >= 15 is 0 Å². The number of ether oxygens (including phenoxy) is 1. The molecule has 3 rings (SSSR count). The lowest BCUT2D eigenvalue weighted by Gasteiger charge is -2.16. The Morgan fingerprint density at radius 3 is 3.00 bits per heavy atom. The van der Waals surface area contributed by atoms with Gasteiger partial charge in [-0.2, -0.15) is 5.10 Å². The lowest BCUT2D eigenvalue weighted by Crippen LogP contribution is -2.33. The maximum Gasteiger partial charge on any atom is 0.273 e. The minimum absolute atomic E-state index is 0.188. The van der Waals surface area contributed by atoms with Gasteiger partial charge in [0.2, 0.25) is 0 Å². The Hall–Kier alpha value is -1.56. The molecule has 4 N–H and O–H groups in total. The molecule has 2 atom stereocenters. The number of carbonyl (C=O) groups is 1. The lowest BCUT2D eigenvalue weighted by atomic mass is 9.99. The number of hydrogen-bond acceptors (Lipinski definition) is 4. The summed E-state index contributed by atoms with van der Waals surface area (Å²) in [4.78, 5) is 12.2. The van der Waals surface area contributed by atoms with Crippen molar-refractivity contribution in [3.8, 4) is 0 Å². The van der Waals surface area contributed by atoms with E-state index in [1.807, 2.05) is 0 Å². The van der Waals surface area contributed by atoms with E-state index in [1.54, 1.807) is 0 Å². The van der Waals surface area contributed by atoms with Crippen molar-refractivity contribution in [3.63, 3.8) is 0 Å². The number of nitrogens with two attached hydrogens (primary N) is 1. The van der Waals surface area contributed by atoms with Crippen LogP contribution >= 0.6 is 0 Å². The third-order valence-corrected chi connectivity index (χ3v) is 4.31. The van der Waals surface area contributed by atoms with Gasteiger partial charge in [0, 0.05) is 25.0 Å². The van der Waals surface area contributed by atoms with Crippen LogP contribution in [0.3, 0.4) is 0 Å². The van der Waals surface area contributed by atoms with E-state index in [9.17, 15) is 4.79 Å². The van der Waals surface area contributed by atoms with E-state index in [1.165, 1.54) is 0 Å². The predicted octanol–water partition coefficient (Wildman–Crippen LogP) is 1.41. The van der Waals surface area contributed by atoms with Gasteiger partial charge in [-0.3, -0.25) is 9.89 Å². The molecule has 0 bridgehead atoms. The van der Waals surface area contributed by atoms with Crippen LogP contribution in [0, 0.1) is 5.92 Å². The van der Waals surface area contributed by atoms with Crippen LogP contribution in [0.5, 0.6) is 0 Å². The molecule has 2 unspecified atom stereocenters. The second kappa shape index (κ2) is 5.44. The zero-order chi connectivity index (χ0) is 14.1. The van der Waals surface area contributed by atoms with E-state index in [4.69, 9.17) is 10.5 Å². The number of aromatic nitrogens is 2. The van der Waals surface area contributed by atoms with Crippen LogP contribution in [-0.2, 0) is 4.74 Å². The quantitative estimate of drug-likeness (QED) is 0.759. The van der Waals surface area contributed by atoms with Gasteiger partial charge < -0.3 is 15.8 Å². The van der Waals surface area contributed by atoms with Crippen LogP contribution in [0.15, 0.2) is 0 Å². The summed E-state index contributed by atoms with van der Waals surface area (Å²) in [7, 11) is 0. The molecule has 2 aliphatic rings. The van der Waals surface area contributed by atoms with Crippen molar-refractivity contribution in [1.82, 2.24) is 15.5 Å². The number of nitrogens with one attached hydrogen (secondary N) is 2. The van der Waals surface area contributed by atoms with Gasteiger partial charge in [0.15, 0.2) is 5.69 Å². The van der Waals surface area contributed by atoms with Crippen molar-refractivity contribution < 1.29 is 9.53 Å². The van der Waals surface area contributed by atoms with Gasteiger partial charge in [-0.05, 0) is 25.7 Å². The molecule has 20 heavy (non-hydrogen) atoms. The van der Waals surface area contributed by atoms with Crippen LogP contribution in [0.2, 0.25) is 0 Å². The normalized spacial score (nSPS) is 25.9. The van der Waals surface area contributed by atoms with Gasteiger partial charge >= 0.3 is 0 Å². The Labute approximate surface area is 118 Å². The molecule has 0 aromatic carbocycles. The van der Waals surface area contributed by atoms with E-state index < -0.39 is 0 Å². The molecule has 1 saturated heterocycles. The van der Waals surface area contributed by atoms with Gasteiger partial charge in [-0.15, -0.1) is 0 Å². The lowest BCUT2D eigenvalue weighted by molar-refractivity contribution is 0.0825.